The first-order chi connectivity index (χ1) is 13.2. The van der Waals surface area contributed by atoms with Crippen LogP contribution in [0.15, 0.2) is 34.8 Å². The van der Waals surface area contributed by atoms with Gasteiger partial charge in [0.2, 0.25) is 0 Å². The third-order valence-electron chi connectivity index (χ3n) is 5.59. The predicted octanol–water partition coefficient (Wildman–Crippen LogP) is 4.96. The van der Waals surface area contributed by atoms with Gasteiger partial charge in [0.05, 0.1) is 23.8 Å². The molecule has 1 spiro atoms. The van der Waals surface area contributed by atoms with E-state index in [9.17, 15) is 0 Å². The minimum absolute atomic E-state index is 0. The van der Waals surface area contributed by atoms with E-state index in [-0.39, 0.29) is 35.6 Å². The van der Waals surface area contributed by atoms with Crippen LogP contribution in [0.4, 0.5) is 0 Å². The minimum atomic E-state index is -0.0163. The normalized spacial score (nSPS) is 20.2. The zero-order valence-corrected chi connectivity index (χ0v) is 19.7. The second-order valence-electron chi connectivity index (χ2n) is 7.49. The van der Waals surface area contributed by atoms with Crippen LogP contribution in [0.25, 0.3) is 0 Å². The molecule has 7 heteroatoms. The number of benzene rings is 1. The van der Waals surface area contributed by atoms with Crippen molar-refractivity contribution < 1.29 is 4.74 Å². The van der Waals surface area contributed by atoms with E-state index < -0.39 is 0 Å². The fourth-order valence-electron chi connectivity index (χ4n) is 4.19. The van der Waals surface area contributed by atoms with Crippen LogP contribution < -0.4 is 15.4 Å². The minimum Gasteiger partial charge on any atom is -0.487 e. The molecule has 0 bridgehead atoms. The largest absolute Gasteiger partial charge is 0.487 e. The highest BCUT2D eigenvalue weighted by Crippen LogP contribution is 2.46. The zero-order valence-electron chi connectivity index (χ0n) is 16.5. The molecule has 2 heterocycles. The van der Waals surface area contributed by atoms with Crippen molar-refractivity contribution >= 4 is 41.3 Å². The summed E-state index contributed by atoms with van der Waals surface area (Å²) in [5.41, 5.74) is 4.17. The SMILES string of the molecule is CCNC(=NCc1scnc1C)NC1CC2(CCCC2)Oc2ccccc21.I. The number of hydrogen-bond acceptors (Lipinski definition) is 4. The Labute approximate surface area is 188 Å². The summed E-state index contributed by atoms with van der Waals surface area (Å²) in [6.45, 7) is 5.64. The Morgan fingerprint density at radius 3 is 2.82 bits per heavy atom. The van der Waals surface area contributed by atoms with E-state index in [1.54, 1.807) is 11.3 Å². The van der Waals surface area contributed by atoms with Crippen molar-refractivity contribution in [2.24, 2.45) is 4.99 Å². The number of nitrogens with one attached hydrogen (secondary N) is 2. The summed E-state index contributed by atoms with van der Waals surface area (Å²) in [5, 5.41) is 7.09. The molecule has 4 rings (SSSR count). The van der Waals surface area contributed by atoms with Gasteiger partial charge in [-0.2, -0.15) is 0 Å². The predicted molar refractivity (Wildman–Crippen MR) is 126 cm³/mol. The van der Waals surface area contributed by atoms with Crippen LogP contribution >= 0.6 is 35.3 Å². The summed E-state index contributed by atoms with van der Waals surface area (Å²) in [7, 11) is 0. The van der Waals surface area contributed by atoms with E-state index in [0.717, 1.165) is 43.2 Å². The van der Waals surface area contributed by atoms with Crippen molar-refractivity contribution in [3.05, 3.63) is 45.9 Å². The molecule has 2 aliphatic rings. The average Bonchev–Trinajstić information content (AvgIpc) is 3.29. The highest BCUT2D eigenvalue weighted by molar-refractivity contribution is 14.0. The molecule has 28 heavy (non-hydrogen) atoms. The van der Waals surface area contributed by atoms with Crippen LogP contribution in [0.1, 0.15) is 61.2 Å². The van der Waals surface area contributed by atoms with E-state index in [1.807, 2.05) is 12.4 Å². The molecule has 0 amide bonds. The smallest absolute Gasteiger partial charge is 0.192 e. The highest BCUT2D eigenvalue weighted by atomic mass is 127. The van der Waals surface area contributed by atoms with Crippen molar-refractivity contribution in [2.45, 2.75) is 64.1 Å². The standard InChI is InChI=1S/C21H28N4OS.HI/c1-3-22-20(23-13-19-15(2)24-14-27-19)25-17-12-21(10-6-7-11-21)26-18-9-5-4-8-16(17)18;/h4-5,8-9,14,17H,3,6-7,10-13H2,1-2H3,(H2,22,23,25);1H. The maximum atomic E-state index is 6.48. The maximum absolute atomic E-state index is 6.48. The maximum Gasteiger partial charge on any atom is 0.192 e. The summed E-state index contributed by atoms with van der Waals surface area (Å²) < 4.78 is 6.48. The molecule has 1 saturated carbocycles. The molecule has 1 aliphatic carbocycles. The summed E-state index contributed by atoms with van der Waals surface area (Å²) in [6, 6.07) is 8.65. The summed E-state index contributed by atoms with van der Waals surface area (Å²) in [6.07, 6.45) is 5.80. The van der Waals surface area contributed by atoms with E-state index in [1.165, 1.54) is 23.3 Å². The molecule has 1 unspecified atom stereocenters. The number of aliphatic imine (C=N–C) groups is 1. The Hall–Kier alpha value is -1.35. The van der Waals surface area contributed by atoms with Crippen molar-refractivity contribution in [3.8, 4) is 5.75 Å². The number of guanidine groups is 1. The Balaban J connectivity index is 0.00000225. The average molecular weight is 512 g/mol. The monoisotopic (exact) mass is 512 g/mol. The van der Waals surface area contributed by atoms with E-state index >= 15 is 0 Å². The number of rotatable bonds is 4. The molecule has 1 aromatic heterocycles. The van der Waals surface area contributed by atoms with Gasteiger partial charge in [-0.15, -0.1) is 35.3 Å². The first-order valence-electron chi connectivity index (χ1n) is 9.91. The molecule has 2 N–H and O–H groups in total. The topological polar surface area (TPSA) is 58.5 Å². The molecular weight excluding hydrogens is 483 g/mol. The molecule has 1 atom stereocenters. The van der Waals surface area contributed by atoms with Crippen LogP contribution in [0.5, 0.6) is 5.75 Å². The Morgan fingerprint density at radius 1 is 1.32 bits per heavy atom. The third kappa shape index (κ3) is 4.62. The van der Waals surface area contributed by atoms with Gasteiger partial charge in [-0.3, -0.25) is 0 Å². The van der Waals surface area contributed by atoms with Gasteiger partial charge in [-0.25, -0.2) is 9.98 Å². The number of nitrogens with zero attached hydrogens (tertiary/aromatic N) is 2. The van der Waals surface area contributed by atoms with Gasteiger partial charge >= 0.3 is 0 Å². The van der Waals surface area contributed by atoms with Gasteiger partial charge in [0.1, 0.15) is 11.4 Å². The van der Waals surface area contributed by atoms with Gasteiger partial charge in [-0.1, -0.05) is 18.2 Å². The number of halogens is 1. The van der Waals surface area contributed by atoms with Crippen LogP contribution in [-0.2, 0) is 6.54 Å². The van der Waals surface area contributed by atoms with Gasteiger partial charge in [0, 0.05) is 23.4 Å². The quantitative estimate of drug-likeness (QED) is 0.346. The Kier molecular flexibility index (Phi) is 7.20. The number of hydrogen-bond donors (Lipinski definition) is 2. The van der Waals surface area contributed by atoms with Crippen molar-refractivity contribution in [2.75, 3.05) is 6.54 Å². The summed E-state index contributed by atoms with van der Waals surface area (Å²) >= 11 is 1.67. The molecule has 5 nitrogen and oxygen atoms in total. The van der Waals surface area contributed by atoms with E-state index in [0.29, 0.717) is 6.54 Å². The van der Waals surface area contributed by atoms with Gasteiger partial charge in [0.15, 0.2) is 5.96 Å². The van der Waals surface area contributed by atoms with Crippen LogP contribution in [0.2, 0.25) is 0 Å². The zero-order chi connectivity index (χ0) is 18.7. The molecule has 152 valence electrons. The number of aromatic nitrogens is 1. The lowest BCUT2D eigenvalue weighted by Gasteiger charge is -2.40. The summed E-state index contributed by atoms with van der Waals surface area (Å²) in [5.74, 6) is 1.89. The van der Waals surface area contributed by atoms with Gasteiger partial charge < -0.3 is 15.4 Å². The first-order valence-corrected chi connectivity index (χ1v) is 10.8. The fraction of sp³-hybridized carbons (Fsp3) is 0.524. The lowest BCUT2D eigenvalue weighted by atomic mass is 9.86. The number of aryl methyl sites for hydroxylation is 1. The van der Waals surface area contributed by atoms with Crippen LogP contribution in [0, 0.1) is 6.92 Å². The molecule has 1 aliphatic heterocycles. The second kappa shape index (κ2) is 9.43. The fourth-order valence-corrected chi connectivity index (χ4v) is 4.89. The number of fused-ring (bicyclic) bond motifs is 1. The Morgan fingerprint density at radius 2 is 2.11 bits per heavy atom. The number of thiazole rings is 1. The molecule has 1 fully saturated rings. The van der Waals surface area contributed by atoms with Crippen molar-refractivity contribution in [3.63, 3.8) is 0 Å². The molecule has 2 aromatic rings. The summed E-state index contributed by atoms with van der Waals surface area (Å²) in [4.78, 5) is 10.4. The highest BCUT2D eigenvalue weighted by Gasteiger charge is 2.43. The van der Waals surface area contributed by atoms with Crippen LogP contribution in [0.3, 0.4) is 0 Å². The van der Waals surface area contributed by atoms with Crippen molar-refractivity contribution in [1.82, 2.24) is 15.6 Å². The second-order valence-corrected chi connectivity index (χ2v) is 8.43. The first kappa shape index (κ1) is 21.4. The van der Waals surface area contributed by atoms with Crippen molar-refractivity contribution in [1.29, 1.82) is 0 Å². The Bertz CT molecular complexity index is 816. The van der Waals surface area contributed by atoms with E-state index in [2.05, 4.69) is 46.8 Å². The van der Waals surface area contributed by atoms with E-state index in [4.69, 9.17) is 9.73 Å². The molecule has 0 radical (unpaired) electrons. The molecule has 0 saturated heterocycles. The number of ether oxygens (including phenoxy) is 1. The lowest BCUT2D eigenvalue weighted by molar-refractivity contribution is 0.0396. The third-order valence-corrected chi connectivity index (χ3v) is 6.51. The van der Waals surface area contributed by atoms with Gasteiger partial charge in [-0.05, 0) is 45.6 Å². The lowest BCUT2D eigenvalue weighted by Crippen LogP contribution is -2.46. The molecule has 1 aromatic carbocycles. The number of para-hydroxylation sites is 1. The van der Waals surface area contributed by atoms with Gasteiger partial charge in [0.25, 0.3) is 0 Å². The molecular formula is C21H29IN4OS. The van der Waals surface area contributed by atoms with Crippen LogP contribution in [-0.4, -0.2) is 23.1 Å².